The van der Waals surface area contributed by atoms with Gasteiger partial charge in [0.25, 0.3) is 6.20 Å². The molecule has 1 aliphatic heterocycles. The summed E-state index contributed by atoms with van der Waals surface area (Å²) in [6.07, 6.45) is -1.40. The molecule has 26 heavy (non-hydrogen) atoms. The minimum absolute atomic E-state index is 0.00852. The van der Waals surface area contributed by atoms with Crippen LogP contribution in [0.4, 0.5) is 4.79 Å². The highest BCUT2D eigenvalue weighted by atomic mass is 35.5. The van der Waals surface area contributed by atoms with Gasteiger partial charge in [-0.05, 0) is 12.1 Å². The molecule has 0 radical (unpaired) electrons. The Balaban J connectivity index is 2.17. The van der Waals surface area contributed by atoms with Gasteiger partial charge in [0, 0.05) is 18.7 Å². The lowest BCUT2D eigenvalue weighted by atomic mass is 10.4. The number of carbonyl (C=O) groups is 2. The number of carbonyl (C=O) groups excluding carboxylic acids is 2. The predicted octanol–water partition coefficient (Wildman–Crippen LogP) is 2.57. The van der Waals surface area contributed by atoms with Crippen molar-refractivity contribution in [3.05, 3.63) is 43.5 Å². The lowest BCUT2D eigenvalue weighted by Crippen LogP contribution is -2.47. The van der Waals surface area contributed by atoms with Crippen molar-refractivity contribution in [2.75, 3.05) is 13.5 Å². The van der Waals surface area contributed by atoms with E-state index in [2.05, 4.69) is 0 Å². The number of amides is 1. The van der Waals surface area contributed by atoms with Crippen LogP contribution in [0.1, 0.15) is 18.7 Å². The highest BCUT2D eigenvalue weighted by molar-refractivity contribution is 7.16. The lowest BCUT2D eigenvalue weighted by Gasteiger charge is -2.36. The molecular weight excluding hydrogens is 390 g/mol. The van der Waals surface area contributed by atoms with Gasteiger partial charge in [0.1, 0.15) is 13.5 Å². The molecule has 1 atom stereocenters. The molecule has 1 fully saturated rings. The Kier molecular flexibility index (Phi) is 6.77. The molecule has 1 aliphatic rings. The zero-order chi connectivity index (χ0) is 19.3. The third-order valence-corrected chi connectivity index (χ3v) is 4.30. The van der Waals surface area contributed by atoms with Crippen LogP contribution in [0, 0.1) is 10.1 Å². The Morgan fingerprint density at radius 3 is 2.77 bits per heavy atom. The fraction of sp³-hybridized carbons (Fsp3) is 0.429. The number of esters is 1. The summed E-state index contributed by atoms with van der Waals surface area (Å²) in [5, 5.41) is 11.0. The van der Waals surface area contributed by atoms with Crippen molar-refractivity contribution in [2.45, 2.75) is 26.7 Å². The number of halogens is 1. The number of thiophene rings is 1. The maximum absolute atomic E-state index is 12.3. The first-order valence-corrected chi connectivity index (χ1v) is 8.53. The molecule has 0 bridgehead atoms. The molecule has 0 saturated carbocycles. The van der Waals surface area contributed by atoms with Crippen molar-refractivity contribution in [1.82, 2.24) is 9.80 Å². The highest BCUT2D eigenvalue weighted by Crippen LogP contribution is 2.26. The normalized spacial score (nSPS) is 17.1. The molecule has 0 N–H and O–H groups in total. The molecular formula is C14H16ClN3O7S. The van der Waals surface area contributed by atoms with Gasteiger partial charge < -0.3 is 19.1 Å². The summed E-state index contributed by atoms with van der Waals surface area (Å²) in [4.78, 5) is 36.8. The van der Waals surface area contributed by atoms with E-state index >= 15 is 0 Å². The van der Waals surface area contributed by atoms with Crippen LogP contribution in [-0.2, 0) is 25.5 Å². The summed E-state index contributed by atoms with van der Waals surface area (Å²) in [6.45, 7) is 2.57. The van der Waals surface area contributed by atoms with Gasteiger partial charge in [-0.25, -0.2) is 9.69 Å². The van der Waals surface area contributed by atoms with Crippen LogP contribution in [0.5, 0.6) is 0 Å². The minimum Gasteiger partial charge on any atom is -0.426 e. The van der Waals surface area contributed by atoms with Crippen molar-refractivity contribution in [3.8, 4) is 0 Å². The molecule has 10 nitrogen and oxygen atoms in total. The first-order valence-electron chi connectivity index (χ1n) is 7.34. The Morgan fingerprint density at radius 2 is 2.19 bits per heavy atom. The first-order chi connectivity index (χ1) is 12.3. The van der Waals surface area contributed by atoms with Crippen LogP contribution in [0.25, 0.3) is 0 Å². The van der Waals surface area contributed by atoms with Crippen molar-refractivity contribution in [1.29, 1.82) is 0 Å². The van der Waals surface area contributed by atoms with E-state index in [1.54, 1.807) is 12.1 Å². The zero-order valence-corrected chi connectivity index (χ0v) is 15.5. The predicted molar refractivity (Wildman–Crippen MR) is 90.3 cm³/mol. The van der Waals surface area contributed by atoms with Crippen LogP contribution >= 0.6 is 22.9 Å². The fourth-order valence-corrected chi connectivity index (χ4v) is 3.26. The van der Waals surface area contributed by atoms with Crippen molar-refractivity contribution in [2.24, 2.45) is 0 Å². The van der Waals surface area contributed by atoms with Gasteiger partial charge in [0.15, 0.2) is 5.82 Å². The average molecular weight is 406 g/mol. The van der Waals surface area contributed by atoms with Gasteiger partial charge in [-0.15, -0.1) is 11.3 Å². The third-order valence-electron chi connectivity index (χ3n) is 3.08. The average Bonchev–Trinajstić information content (AvgIpc) is 2.92. The first kappa shape index (κ1) is 19.9. The summed E-state index contributed by atoms with van der Waals surface area (Å²) in [7, 11) is 0. The summed E-state index contributed by atoms with van der Waals surface area (Å²) in [5.41, 5.74) is 0. The maximum Gasteiger partial charge on any atom is 0.420 e. The summed E-state index contributed by atoms with van der Waals surface area (Å²) < 4.78 is 15.6. The molecule has 12 heteroatoms. The monoisotopic (exact) mass is 405 g/mol. The van der Waals surface area contributed by atoms with Gasteiger partial charge in [-0.1, -0.05) is 11.6 Å². The van der Waals surface area contributed by atoms with E-state index < -0.39 is 23.3 Å². The van der Waals surface area contributed by atoms with Crippen LogP contribution in [0.15, 0.2) is 24.2 Å². The molecule has 1 amide bonds. The zero-order valence-electron chi connectivity index (χ0n) is 13.9. The van der Waals surface area contributed by atoms with Gasteiger partial charge in [-0.2, -0.15) is 0 Å². The van der Waals surface area contributed by atoms with Crippen molar-refractivity contribution >= 4 is 35.0 Å². The minimum atomic E-state index is -1.15. The van der Waals surface area contributed by atoms with E-state index in [1.165, 1.54) is 30.1 Å². The van der Waals surface area contributed by atoms with Gasteiger partial charge in [0.2, 0.25) is 6.29 Å². The number of ether oxygens (including phenoxy) is 3. The van der Waals surface area contributed by atoms with E-state index in [-0.39, 0.29) is 25.8 Å². The van der Waals surface area contributed by atoms with Gasteiger partial charge >= 0.3 is 12.1 Å². The van der Waals surface area contributed by atoms with E-state index in [0.29, 0.717) is 10.5 Å². The number of nitro groups is 1. The third kappa shape index (κ3) is 5.58. The smallest absolute Gasteiger partial charge is 0.420 e. The SMILES string of the molecule is CC(=O)OC(C)OC(=O)N1COCN(Cc2ccc(Cl)s2)/C1=C\[N+](=O)[O-]. The van der Waals surface area contributed by atoms with Crippen LogP contribution in [0.2, 0.25) is 4.34 Å². The lowest BCUT2D eigenvalue weighted by molar-refractivity contribution is -0.406. The molecule has 0 aliphatic carbocycles. The molecule has 142 valence electrons. The summed E-state index contributed by atoms with van der Waals surface area (Å²) >= 11 is 7.21. The number of hydrogen-bond acceptors (Lipinski definition) is 9. The maximum atomic E-state index is 12.3. The van der Waals surface area contributed by atoms with E-state index in [1.807, 2.05) is 0 Å². The number of nitrogens with zero attached hydrogens (tertiary/aromatic N) is 3. The molecule has 1 unspecified atom stereocenters. The van der Waals surface area contributed by atoms with Crippen molar-refractivity contribution < 1.29 is 28.7 Å². The Labute approximate surface area is 157 Å². The van der Waals surface area contributed by atoms with Crippen LogP contribution in [-0.4, -0.2) is 46.5 Å². The van der Waals surface area contributed by atoms with Gasteiger partial charge in [0.05, 0.1) is 15.8 Å². The summed E-state index contributed by atoms with van der Waals surface area (Å²) in [6, 6.07) is 3.48. The van der Waals surface area contributed by atoms with E-state index in [0.717, 1.165) is 9.78 Å². The van der Waals surface area contributed by atoms with Crippen LogP contribution < -0.4 is 0 Å². The Bertz CT molecular complexity index is 723. The topological polar surface area (TPSA) is 111 Å². The molecule has 2 rings (SSSR count). The molecule has 1 saturated heterocycles. The molecule has 1 aromatic heterocycles. The van der Waals surface area contributed by atoms with E-state index in [4.69, 9.17) is 25.8 Å². The van der Waals surface area contributed by atoms with Gasteiger partial charge in [-0.3, -0.25) is 14.9 Å². The highest BCUT2D eigenvalue weighted by Gasteiger charge is 2.32. The second-order valence-corrected chi connectivity index (χ2v) is 6.93. The molecule has 2 heterocycles. The Morgan fingerprint density at radius 1 is 1.46 bits per heavy atom. The molecule has 0 aromatic carbocycles. The van der Waals surface area contributed by atoms with Crippen LogP contribution in [0.3, 0.4) is 0 Å². The number of hydrogen-bond donors (Lipinski definition) is 0. The number of rotatable bonds is 5. The fourth-order valence-electron chi connectivity index (χ4n) is 2.15. The largest absolute Gasteiger partial charge is 0.426 e. The second-order valence-electron chi connectivity index (χ2n) is 5.13. The molecule has 1 aromatic rings. The van der Waals surface area contributed by atoms with Crippen molar-refractivity contribution in [3.63, 3.8) is 0 Å². The Hall–Kier alpha value is -2.37. The standard InChI is InChI=1S/C14H16ClN3O7S/c1-9(19)24-10(2)25-14(20)17-8-23-7-16(13(17)6-18(21)22)5-11-3-4-12(15)26-11/h3-4,6,10H,5,7-8H2,1-2H3/b13-6+. The second kappa shape index (κ2) is 8.83. The summed E-state index contributed by atoms with van der Waals surface area (Å²) in [5.74, 6) is -0.636. The quantitative estimate of drug-likeness (QED) is 0.318. The molecule has 0 spiro atoms. The van der Waals surface area contributed by atoms with E-state index in [9.17, 15) is 19.7 Å².